The van der Waals surface area contributed by atoms with Crippen LogP contribution in [0.5, 0.6) is 0 Å². The van der Waals surface area contributed by atoms with Gasteiger partial charge in [0.1, 0.15) is 16.4 Å². The van der Waals surface area contributed by atoms with Crippen molar-refractivity contribution in [3.05, 3.63) is 62.9 Å². The Hall–Kier alpha value is -2.04. The summed E-state index contributed by atoms with van der Waals surface area (Å²) in [5.74, 6) is -0.793. The lowest BCUT2D eigenvalue weighted by Crippen LogP contribution is -2.49. The van der Waals surface area contributed by atoms with Gasteiger partial charge in [-0.25, -0.2) is 12.8 Å². The van der Waals surface area contributed by atoms with E-state index in [1.165, 1.54) is 28.6 Å². The monoisotopic (exact) mass is 443 g/mol. The quantitative estimate of drug-likeness (QED) is 0.535. The van der Waals surface area contributed by atoms with Crippen LogP contribution in [0.4, 0.5) is 15.8 Å². The molecule has 1 heterocycles. The summed E-state index contributed by atoms with van der Waals surface area (Å²) in [7, 11) is -3.94. The zero-order valence-electron chi connectivity index (χ0n) is 13.5. The Morgan fingerprint density at radius 2 is 1.73 bits per heavy atom. The molecule has 26 heavy (non-hydrogen) atoms. The predicted octanol–water partition coefficient (Wildman–Crippen LogP) is 3.01. The molecule has 0 aliphatic carbocycles. The van der Waals surface area contributed by atoms with E-state index in [-0.39, 0.29) is 36.8 Å². The van der Waals surface area contributed by atoms with Gasteiger partial charge in [-0.15, -0.1) is 0 Å². The van der Waals surface area contributed by atoms with Gasteiger partial charge in [0, 0.05) is 36.7 Å². The minimum atomic E-state index is -3.94. The van der Waals surface area contributed by atoms with Crippen LogP contribution in [0.3, 0.4) is 0 Å². The Morgan fingerprint density at radius 1 is 1.08 bits per heavy atom. The van der Waals surface area contributed by atoms with Gasteiger partial charge in [0.15, 0.2) is 0 Å². The Kier molecular flexibility index (Phi) is 5.26. The van der Waals surface area contributed by atoms with Crippen LogP contribution in [0.15, 0.2) is 51.8 Å². The number of nitro benzene ring substituents is 1. The van der Waals surface area contributed by atoms with Gasteiger partial charge in [0.05, 0.1) is 4.92 Å². The van der Waals surface area contributed by atoms with Crippen LogP contribution in [0, 0.1) is 15.9 Å². The highest BCUT2D eigenvalue weighted by Gasteiger charge is 2.32. The van der Waals surface area contributed by atoms with E-state index in [1.54, 1.807) is 17.0 Å². The van der Waals surface area contributed by atoms with Crippen LogP contribution in [0.25, 0.3) is 0 Å². The normalized spacial score (nSPS) is 15.8. The summed E-state index contributed by atoms with van der Waals surface area (Å²) in [6.45, 7) is 0.778. The summed E-state index contributed by atoms with van der Waals surface area (Å²) in [5.41, 5.74) is 0.380. The van der Waals surface area contributed by atoms with Crippen LogP contribution in [-0.2, 0) is 10.0 Å². The number of nitro groups is 1. The largest absolute Gasteiger partial charge is 0.363 e. The molecule has 0 atom stereocenters. The molecule has 3 rings (SSSR count). The fraction of sp³-hybridized carbons (Fsp3) is 0.250. The van der Waals surface area contributed by atoms with Gasteiger partial charge in [-0.1, -0.05) is 28.1 Å². The first-order valence-corrected chi connectivity index (χ1v) is 9.97. The third-order valence-corrected chi connectivity index (χ3v) is 6.59. The average Bonchev–Trinajstić information content (AvgIpc) is 2.62. The zero-order valence-corrected chi connectivity index (χ0v) is 15.9. The Labute approximate surface area is 158 Å². The third-order valence-electron chi connectivity index (χ3n) is 4.17. The third kappa shape index (κ3) is 3.57. The van der Waals surface area contributed by atoms with E-state index < -0.39 is 20.8 Å². The van der Waals surface area contributed by atoms with Gasteiger partial charge in [-0.3, -0.25) is 10.1 Å². The van der Waals surface area contributed by atoms with Crippen molar-refractivity contribution in [1.29, 1.82) is 0 Å². The number of piperazine rings is 1. The van der Waals surface area contributed by atoms with E-state index >= 15 is 0 Å². The van der Waals surface area contributed by atoms with E-state index in [9.17, 15) is 22.9 Å². The maximum Gasteiger partial charge on any atom is 0.293 e. The number of nitrogens with zero attached hydrogens (tertiary/aromatic N) is 3. The number of hydrogen-bond donors (Lipinski definition) is 0. The molecular formula is C16H15BrFN3O4S. The Morgan fingerprint density at radius 3 is 2.35 bits per heavy atom. The molecule has 7 nitrogen and oxygen atoms in total. The lowest BCUT2D eigenvalue weighted by Gasteiger charge is -2.35. The molecule has 138 valence electrons. The number of benzene rings is 2. The van der Waals surface area contributed by atoms with E-state index in [1.807, 2.05) is 0 Å². The highest BCUT2D eigenvalue weighted by atomic mass is 79.9. The SMILES string of the molecule is O=[N+]([O-])c1cc(Br)ccc1N1CCN(S(=O)(=O)c2ccccc2F)CC1. The first-order valence-electron chi connectivity index (χ1n) is 7.74. The van der Waals surface area contributed by atoms with Crippen molar-refractivity contribution in [1.82, 2.24) is 4.31 Å². The first-order chi connectivity index (χ1) is 12.3. The fourth-order valence-corrected chi connectivity index (χ4v) is 4.71. The summed E-state index contributed by atoms with van der Waals surface area (Å²) < 4.78 is 40.9. The molecule has 1 aliphatic rings. The van der Waals surface area contributed by atoms with Gasteiger partial charge >= 0.3 is 0 Å². The van der Waals surface area contributed by atoms with Crippen molar-refractivity contribution in [3.8, 4) is 0 Å². The smallest absolute Gasteiger partial charge is 0.293 e. The summed E-state index contributed by atoms with van der Waals surface area (Å²) in [6.07, 6.45) is 0. The van der Waals surface area contributed by atoms with Gasteiger partial charge in [0.2, 0.25) is 10.0 Å². The second-order valence-electron chi connectivity index (χ2n) is 5.71. The van der Waals surface area contributed by atoms with Crippen LogP contribution in [0.1, 0.15) is 0 Å². The molecular weight excluding hydrogens is 429 g/mol. The second-order valence-corrected chi connectivity index (χ2v) is 8.53. The molecule has 0 N–H and O–H groups in total. The highest BCUT2D eigenvalue weighted by molar-refractivity contribution is 9.10. The Bertz CT molecular complexity index is 946. The molecule has 0 saturated carbocycles. The van der Waals surface area contributed by atoms with Gasteiger partial charge in [0.25, 0.3) is 5.69 Å². The fourth-order valence-electron chi connectivity index (χ4n) is 2.87. The molecule has 1 aliphatic heterocycles. The molecule has 1 fully saturated rings. The molecule has 0 unspecified atom stereocenters. The zero-order chi connectivity index (χ0) is 18.9. The van der Waals surface area contributed by atoms with Crippen molar-refractivity contribution in [3.63, 3.8) is 0 Å². The number of halogens is 2. The van der Waals surface area contributed by atoms with E-state index in [0.717, 1.165) is 6.07 Å². The lowest BCUT2D eigenvalue weighted by molar-refractivity contribution is -0.384. The topological polar surface area (TPSA) is 83.8 Å². The summed E-state index contributed by atoms with van der Waals surface area (Å²) in [6, 6.07) is 9.98. The van der Waals surface area contributed by atoms with E-state index in [4.69, 9.17) is 0 Å². The molecule has 10 heteroatoms. The van der Waals surface area contributed by atoms with E-state index in [2.05, 4.69) is 15.9 Å². The number of sulfonamides is 1. The maximum atomic E-state index is 13.9. The van der Waals surface area contributed by atoms with Crippen molar-refractivity contribution < 1.29 is 17.7 Å². The summed E-state index contributed by atoms with van der Waals surface area (Å²) >= 11 is 3.21. The van der Waals surface area contributed by atoms with Crippen LogP contribution in [0.2, 0.25) is 0 Å². The minimum Gasteiger partial charge on any atom is -0.363 e. The van der Waals surface area contributed by atoms with Crippen LogP contribution in [-0.4, -0.2) is 43.8 Å². The number of anilines is 1. The van der Waals surface area contributed by atoms with Gasteiger partial charge in [-0.2, -0.15) is 4.31 Å². The van der Waals surface area contributed by atoms with Gasteiger partial charge < -0.3 is 4.90 Å². The lowest BCUT2D eigenvalue weighted by atomic mass is 10.2. The Balaban J connectivity index is 1.80. The summed E-state index contributed by atoms with van der Waals surface area (Å²) in [4.78, 5) is 12.2. The predicted molar refractivity (Wildman–Crippen MR) is 98.2 cm³/mol. The molecule has 0 bridgehead atoms. The highest BCUT2D eigenvalue weighted by Crippen LogP contribution is 2.32. The van der Waals surface area contributed by atoms with Crippen molar-refractivity contribution >= 4 is 37.3 Å². The molecule has 0 spiro atoms. The summed E-state index contributed by atoms with van der Waals surface area (Å²) in [5, 5.41) is 11.3. The molecule has 2 aromatic rings. The number of hydrogen-bond acceptors (Lipinski definition) is 5. The molecule has 2 aromatic carbocycles. The second kappa shape index (κ2) is 7.29. The average molecular weight is 444 g/mol. The standard InChI is InChI=1S/C16H15BrFN3O4S/c17-12-5-6-14(15(11-12)21(22)23)19-7-9-20(10-8-19)26(24,25)16-4-2-1-3-13(16)18/h1-6,11H,7-10H2. The van der Waals surface area contributed by atoms with Gasteiger partial charge in [-0.05, 0) is 24.3 Å². The van der Waals surface area contributed by atoms with Crippen LogP contribution < -0.4 is 4.90 Å². The molecule has 1 saturated heterocycles. The molecule has 0 amide bonds. The minimum absolute atomic E-state index is 0.0511. The first kappa shape index (κ1) is 18.7. The van der Waals surface area contributed by atoms with E-state index in [0.29, 0.717) is 10.2 Å². The van der Waals surface area contributed by atoms with Crippen LogP contribution >= 0.6 is 15.9 Å². The molecule has 0 radical (unpaired) electrons. The van der Waals surface area contributed by atoms with Crippen molar-refractivity contribution in [2.24, 2.45) is 0 Å². The van der Waals surface area contributed by atoms with Crippen molar-refractivity contribution in [2.45, 2.75) is 4.90 Å². The number of rotatable bonds is 4. The maximum absolute atomic E-state index is 13.9. The van der Waals surface area contributed by atoms with Crippen molar-refractivity contribution in [2.75, 3.05) is 31.1 Å². The molecule has 0 aromatic heterocycles.